The highest BCUT2D eigenvalue weighted by molar-refractivity contribution is 6.05. The van der Waals surface area contributed by atoms with Crippen LogP contribution in [0.4, 0.5) is 24.7 Å². The Kier molecular flexibility index (Phi) is 6.10. The van der Waals surface area contributed by atoms with Gasteiger partial charge in [-0.15, -0.1) is 0 Å². The Bertz CT molecular complexity index is 1280. The van der Waals surface area contributed by atoms with E-state index in [-0.39, 0.29) is 24.5 Å². The fourth-order valence-corrected chi connectivity index (χ4v) is 4.13. The van der Waals surface area contributed by atoms with Gasteiger partial charge in [-0.25, -0.2) is 9.97 Å². The van der Waals surface area contributed by atoms with Crippen LogP contribution >= 0.6 is 0 Å². The van der Waals surface area contributed by atoms with Crippen molar-refractivity contribution in [2.45, 2.75) is 31.9 Å². The Morgan fingerprint density at radius 2 is 1.94 bits per heavy atom. The molecule has 1 saturated heterocycles. The quantitative estimate of drug-likeness (QED) is 0.479. The van der Waals surface area contributed by atoms with Gasteiger partial charge in [0.15, 0.2) is 5.78 Å². The molecule has 0 N–H and O–H groups in total. The van der Waals surface area contributed by atoms with Gasteiger partial charge in [0.05, 0.1) is 30.2 Å². The number of fused-ring (bicyclic) bond motifs is 1. The van der Waals surface area contributed by atoms with E-state index in [1.165, 1.54) is 12.4 Å². The van der Waals surface area contributed by atoms with Gasteiger partial charge in [0.1, 0.15) is 29.3 Å². The van der Waals surface area contributed by atoms with Crippen molar-refractivity contribution in [3.63, 3.8) is 0 Å². The Morgan fingerprint density at radius 1 is 1.14 bits per heavy atom. The summed E-state index contributed by atoms with van der Waals surface area (Å²) in [7, 11) is 0. The molecule has 5 rings (SSSR count). The van der Waals surface area contributed by atoms with Gasteiger partial charge in [-0.1, -0.05) is 12.1 Å². The van der Waals surface area contributed by atoms with Crippen molar-refractivity contribution in [1.82, 2.24) is 15.1 Å². The lowest BCUT2D eigenvalue weighted by Gasteiger charge is -2.27. The minimum Gasteiger partial charge on any atom is -0.378 e. The van der Waals surface area contributed by atoms with Crippen LogP contribution in [0.3, 0.4) is 0 Å². The SMILES string of the molecule is C[C@@H](CC(=O)c1cc(N2CCOCC2)ncn1)c1cc(C2=Nc3ccc(C(F)(F)F)cc3C2)no1. The van der Waals surface area contributed by atoms with Crippen LogP contribution in [0.2, 0.25) is 0 Å². The number of anilines is 1. The van der Waals surface area contributed by atoms with E-state index >= 15 is 0 Å². The fraction of sp³-hybridized carbons (Fsp3) is 0.375. The average Bonchev–Trinajstić information content (AvgIpc) is 3.51. The monoisotopic (exact) mass is 485 g/mol. The number of hydrogen-bond acceptors (Lipinski definition) is 8. The normalized spacial score (nSPS) is 16.7. The first kappa shape index (κ1) is 23.2. The van der Waals surface area contributed by atoms with Gasteiger partial charge in [0.2, 0.25) is 0 Å². The molecule has 0 spiro atoms. The molecule has 35 heavy (non-hydrogen) atoms. The third kappa shape index (κ3) is 4.95. The third-order valence-electron chi connectivity index (χ3n) is 6.09. The Hall–Kier alpha value is -3.60. The van der Waals surface area contributed by atoms with Crippen molar-refractivity contribution < 1.29 is 27.2 Å². The molecule has 0 aliphatic carbocycles. The van der Waals surface area contributed by atoms with Crippen LogP contribution in [0, 0.1) is 0 Å². The van der Waals surface area contributed by atoms with E-state index in [1.54, 1.807) is 12.1 Å². The molecule has 0 radical (unpaired) electrons. The highest BCUT2D eigenvalue weighted by atomic mass is 19.4. The number of morpholine rings is 1. The molecule has 1 fully saturated rings. The van der Waals surface area contributed by atoms with Gasteiger partial charge < -0.3 is 14.2 Å². The molecule has 4 heterocycles. The second-order valence-corrected chi connectivity index (χ2v) is 8.58. The smallest absolute Gasteiger partial charge is 0.378 e. The van der Waals surface area contributed by atoms with Crippen molar-refractivity contribution in [2.75, 3.05) is 31.2 Å². The number of aromatic nitrogens is 3. The molecule has 2 aliphatic heterocycles. The van der Waals surface area contributed by atoms with Gasteiger partial charge >= 0.3 is 6.18 Å². The lowest BCUT2D eigenvalue weighted by molar-refractivity contribution is -0.137. The molecule has 3 aromatic rings. The second-order valence-electron chi connectivity index (χ2n) is 8.58. The van der Waals surface area contributed by atoms with E-state index in [9.17, 15) is 18.0 Å². The molecular formula is C24H22F3N5O3. The zero-order valence-corrected chi connectivity index (χ0v) is 18.9. The van der Waals surface area contributed by atoms with E-state index in [0.29, 0.717) is 66.2 Å². The number of ether oxygens (including phenoxy) is 1. The standard InChI is InChI=1S/C24H22F3N5O3/c1-14(8-21(33)20-12-23(29-13-28-20)32-4-6-34-7-5-32)22-11-19(31-35-22)18-10-15-9-16(24(25,26)27)2-3-17(15)30-18/h2-3,9,11-14H,4-8,10H2,1H3/t14-/m0/s1. The zero-order chi connectivity index (χ0) is 24.6. The first-order valence-electron chi connectivity index (χ1n) is 11.2. The van der Waals surface area contributed by atoms with Gasteiger partial charge in [0, 0.05) is 44.0 Å². The van der Waals surface area contributed by atoms with E-state index < -0.39 is 11.7 Å². The Balaban J connectivity index is 1.25. The average molecular weight is 485 g/mol. The number of Topliss-reactive ketones (excluding diaryl/α,β-unsaturated/α-hetero) is 1. The summed E-state index contributed by atoms with van der Waals surface area (Å²) < 4.78 is 49.8. The minimum absolute atomic E-state index is 0.149. The summed E-state index contributed by atoms with van der Waals surface area (Å²) in [5, 5.41) is 4.05. The van der Waals surface area contributed by atoms with Gasteiger partial charge in [0.25, 0.3) is 0 Å². The molecule has 0 amide bonds. The van der Waals surface area contributed by atoms with Crippen LogP contribution < -0.4 is 4.90 Å². The number of rotatable bonds is 6. The fourth-order valence-electron chi connectivity index (χ4n) is 4.13. The summed E-state index contributed by atoms with van der Waals surface area (Å²) in [5.41, 5.74) is 1.56. The molecule has 0 unspecified atom stereocenters. The number of alkyl halides is 3. The summed E-state index contributed by atoms with van der Waals surface area (Å²) in [6.07, 6.45) is -2.65. The van der Waals surface area contributed by atoms with Crippen molar-refractivity contribution in [2.24, 2.45) is 4.99 Å². The maximum atomic E-state index is 13.0. The van der Waals surface area contributed by atoms with Crippen LogP contribution in [0.1, 0.15) is 52.3 Å². The molecule has 11 heteroatoms. The highest BCUT2D eigenvalue weighted by Crippen LogP contribution is 2.36. The minimum atomic E-state index is -4.41. The largest absolute Gasteiger partial charge is 0.416 e. The number of benzene rings is 1. The molecule has 2 aliphatic rings. The molecule has 1 aromatic carbocycles. The Morgan fingerprint density at radius 3 is 2.71 bits per heavy atom. The topological polar surface area (TPSA) is 93.7 Å². The van der Waals surface area contributed by atoms with Crippen LogP contribution in [0.15, 0.2) is 46.2 Å². The number of carbonyl (C=O) groups is 1. The van der Waals surface area contributed by atoms with Crippen molar-refractivity contribution in [3.8, 4) is 0 Å². The molecule has 2 aromatic heterocycles. The maximum absolute atomic E-state index is 13.0. The van der Waals surface area contributed by atoms with E-state index in [2.05, 4.69) is 20.1 Å². The summed E-state index contributed by atoms with van der Waals surface area (Å²) in [6, 6.07) is 6.87. The highest BCUT2D eigenvalue weighted by Gasteiger charge is 2.32. The summed E-state index contributed by atoms with van der Waals surface area (Å²) in [4.78, 5) is 27.7. The number of aliphatic imine (C=N–C) groups is 1. The zero-order valence-electron chi connectivity index (χ0n) is 18.9. The number of carbonyl (C=O) groups excluding carboxylic acids is 1. The second kappa shape index (κ2) is 9.21. The predicted octanol–water partition coefficient (Wildman–Crippen LogP) is 4.37. The molecular weight excluding hydrogens is 463 g/mol. The molecule has 0 saturated carbocycles. The van der Waals surface area contributed by atoms with Gasteiger partial charge in [-0.2, -0.15) is 13.2 Å². The lowest BCUT2D eigenvalue weighted by atomic mass is 9.99. The lowest BCUT2D eigenvalue weighted by Crippen LogP contribution is -2.36. The predicted molar refractivity (Wildman–Crippen MR) is 120 cm³/mol. The van der Waals surface area contributed by atoms with Crippen LogP contribution in [0.5, 0.6) is 0 Å². The first-order chi connectivity index (χ1) is 16.8. The molecule has 0 bridgehead atoms. The summed E-state index contributed by atoms with van der Waals surface area (Å²) in [5.74, 6) is 0.739. The van der Waals surface area contributed by atoms with Crippen LogP contribution in [-0.4, -0.2) is 52.9 Å². The summed E-state index contributed by atoms with van der Waals surface area (Å²) >= 11 is 0. The third-order valence-corrected chi connectivity index (χ3v) is 6.09. The van der Waals surface area contributed by atoms with Gasteiger partial charge in [-0.05, 0) is 23.8 Å². The summed E-state index contributed by atoms with van der Waals surface area (Å²) in [6.45, 7) is 4.46. The van der Waals surface area contributed by atoms with Crippen LogP contribution in [0.25, 0.3) is 0 Å². The molecule has 182 valence electrons. The number of nitrogens with zero attached hydrogens (tertiary/aromatic N) is 5. The van der Waals surface area contributed by atoms with E-state index in [0.717, 1.165) is 12.1 Å². The molecule has 8 nitrogen and oxygen atoms in total. The van der Waals surface area contributed by atoms with E-state index in [4.69, 9.17) is 9.26 Å². The maximum Gasteiger partial charge on any atom is 0.416 e. The van der Waals surface area contributed by atoms with Crippen molar-refractivity contribution in [1.29, 1.82) is 0 Å². The van der Waals surface area contributed by atoms with Gasteiger partial charge in [-0.3, -0.25) is 9.79 Å². The Labute approximate surface area is 198 Å². The molecule has 1 atom stereocenters. The van der Waals surface area contributed by atoms with Crippen LogP contribution in [-0.2, 0) is 17.3 Å². The number of ketones is 1. The van der Waals surface area contributed by atoms with Crippen molar-refractivity contribution in [3.05, 3.63) is 64.9 Å². The number of halogens is 3. The van der Waals surface area contributed by atoms with E-state index in [1.807, 2.05) is 11.8 Å². The number of hydrogen-bond donors (Lipinski definition) is 0. The van der Waals surface area contributed by atoms with Crippen molar-refractivity contribution >= 4 is 23.0 Å². The first-order valence-corrected chi connectivity index (χ1v) is 11.2.